The molecule has 0 bridgehead atoms. The molecule has 0 spiro atoms. The number of carbonyl (C=O) groups excluding carboxylic acids is 2. The van der Waals surface area contributed by atoms with E-state index in [0.29, 0.717) is 0 Å². The fraction of sp³-hybridized carbons (Fsp3) is 0.833. The molecule has 0 aromatic carbocycles. The molecule has 0 aromatic rings. The van der Waals surface area contributed by atoms with Crippen molar-refractivity contribution in [2.45, 2.75) is 39.5 Å². The fourth-order valence-corrected chi connectivity index (χ4v) is 1.97. The first-order chi connectivity index (χ1) is 8.64. The van der Waals surface area contributed by atoms with E-state index in [4.69, 9.17) is 4.53 Å². The van der Waals surface area contributed by atoms with Crippen molar-refractivity contribution in [2.75, 3.05) is 14.2 Å². The summed E-state index contributed by atoms with van der Waals surface area (Å²) in [5.74, 6) is -2.29. The highest BCUT2D eigenvalue weighted by Gasteiger charge is 2.39. The Labute approximate surface area is 115 Å². The van der Waals surface area contributed by atoms with Gasteiger partial charge in [-0.25, -0.2) is 5.48 Å². The molecule has 7 heteroatoms. The van der Waals surface area contributed by atoms with Crippen molar-refractivity contribution in [1.82, 2.24) is 5.48 Å². The van der Waals surface area contributed by atoms with Gasteiger partial charge in [-0.05, 0) is 25.6 Å². The number of nitrogens with one attached hydrogen (secondary N) is 1. The number of ether oxygens (including phenoxy) is 2. The molecule has 0 aliphatic heterocycles. The second-order valence-electron chi connectivity index (χ2n) is 5.63. The predicted octanol–water partition coefficient (Wildman–Crippen LogP) is 1.33. The molecule has 0 rings (SSSR count). The van der Waals surface area contributed by atoms with Crippen molar-refractivity contribution in [1.29, 1.82) is 0 Å². The lowest BCUT2D eigenvalue weighted by Gasteiger charge is -2.30. The summed E-state index contributed by atoms with van der Waals surface area (Å²) in [7, 11) is 0.673. The number of hydrogen-bond acceptors (Lipinski definition) is 6. The minimum absolute atomic E-state index is 0.000417. The van der Waals surface area contributed by atoms with E-state index in [-0.39, 0.29) is 5.92 Å². The normalized spacial score (nSPS) is 13.5. The van der Waals surface area contributed by atoms with Crippen molar-refractivity contribution >= 4 is 20.3 Å². The van der Waals surface area contributed by atoms with Crippen LogP contribution in [0.5, 0.6) is 0 Å². The summed E-state index contributed by atoms with van der Waals surface area (Å²) in [5.41, 5.74) is 2.85. The van der Waals surface area contributed by atoms with Crippen LogP contribution in [-0.2, 0) is 23.6 Å². The number of hydroxylamine groups is 1. The van der Waals surface area contributed by atoms with E-state index in [1.165, 1.54) is 14.2 Å². The molecule has 0 aromatic heterocycles. The Balaban J connectivity index is 5.07. The summed E-state index contributed by atoms with van der Waals surface area (Å²) in [4.78, 5) is 23.6. The third-order valence-corrected chi connectivity index (χ3v) is 3.22. The van der Waals surface area contributed by atoms with Gasteiger partial charge in [-0.2, -0.15) is 0 Å². The van der Waals surface area contributed by atoms with Crippen LogP contribution in [0.1, 0.15) is 13.8 Å². The molecular formula is C12H25NO5Si. The van der Waals surface area contributed by atoms with Gasteiger partial charge in [0.15, 0.2) is 5.92 Å². The molecule has 1 N–H and O–H groups in total. The highest BCUT2D eigenvalue weighted by Crippen LogP contribution is 2.17. The van der Waals surface area contributed by atoms with Gasteiger partial charge in [-0.15, -0.1) is 0 Å². The van der Waals surface area contributed by atoms with E-state index in [2.05, 4.69) is 15.0 Å². The van der Waals surface area contributed by atoms with E-state index in [1.807, 2.05) is 33.5 Å². The van der Waals surface area contributed by atoms with Crippen molar-refractivity contribution in [3.8, 4) is 0 Å². The highest BCUT2D eigenvalue weighted by atomic mass is 28.4. The van der Waals surface area contributed by atoms with Gasteiger partial charge in [0.25, 0.3) is 0 Å². The Kier molecular flexibility index (Phi) is 7.24. The summed E-state index contributed by atoms with van der Waals surface area (Å²) < 4.78 is 14.9. The maximum atomic E-state index is 11.8. The fourth-order valence-electron chi connectivity index (χ4n) is 1.48. The number of rotatable bonds is 7. The second kappa shape index (κ2) is 7.61. The summed E-state index contributed by atoms with van der Waals surface area (Å²) >= 11 is 0. The lowest BCUT2D eigenvalue weighted by molar-refractivity contribution is -0.162. The Bertz CT molecular complexity index is 298. The molecule has 19 heavy (non-hydrogen) atoms. The van der Waals surface area contributed by atoms with Crippen LogP contribution in [0.25, 0.3) is 0 Å². The maximum Gasteiger partial charge on any atom is 0.321 e. The molecule has 0 aliphatic carbocycles. The quantitative estimate of drug-likeness (QED) is 0.330. The van der Waals surface area contributed by atoms with Crippen LogP contribution in [-0.4, -0.2) is 40.5 Å². The minimum Gasteiger partial charge on any atom is -0.468 e. The van der Waals surface area contributed by atoms with Gasteiger partial charge >= 0.3 is 11.9 Å². The van der Waals surface area contributed by atoms with E-state index in [0.717, 1.165) is 0 Å². The van der Waals surface area contributed by atoms with Crippen LogP contribution < -0.4 is 5.48 Å². The molecule has 112 valence electrons. The largest absolute Gasteiger partial charge is 0.468 e. The smallest absolute Gasteiger partial charge is 0.321 e. The Hall–Kier alpha value is -0.923. The molecule has 0 saturated heterocycles. The third kappa shape index (κ3) is 6.17. The standard InChI is InChI=1S/C12H25NO5Si/c1-8(2)10(13-18-19(5,6)7)9(11(14)16-3)12(15)17-4/h8-10,13H,1-7H3/t10-/m1/s1. The van der Waals surface area contributed by atoms with Crippen LogP contribution in [0.3, 0.4) is 0 Å². The maximum absolute atomic E-state index is 11.8. The van der Waals surface area contributed by atoms with Gasteiger partial charge in [0, 0.05) is 0 Å². The van der Waals surface area contributed by atoms with Crippen LogP contribution >= 0.6 is 0 Å². The van der Waals surface area contributed by atoms with Crippen molar-refractivity contribution < 1.29 is 23.6 Å². The molecule has 0 amide bonds. The van der Waals surface area contributed by atoms with E-state index < -0.39 is 32.2 Å². The topological polar surface area (TPSA) is 73.9 Å². The number of methoxy groups -OCH3 is 2. The molecular weight excluding hydrogens is 266 g/mol. The first-order valence-corrected chi connectivity index (χ1v) is 9.64. The third-order valence-electron chi connectivity index (χ3n) is 2.49. The Morgan fingerprint density at radius 2 is 1.42 bits per heavy atom. The molecule has 0 unspecified atom stereocenters. The number of hydrogen-bond donors (Lipinski definition) is 1. The first-order valence-electron chi connectivity index (χ1n) is 6.23. The van der Waals surface area contributed by atoms with Crippen LogP contribution in [0.4, 0.5) is 0 Å². The Morgan fingerprint density at radius 1 is 1.00 bits per heavy atom. The van der Waals surface area contributed by atoms with Crippen LogP contribution in [0.15, 0.2) is 0 Å². The number of esters is 2. The van der Waals surface area contributed by atoms with Gasteiger partial charge in [-0.3, -0.25) is 9.59 Å². The summed E-state index contributed by atoms with van der Waals surface area (Å²) in [6.45, 7) is 9.79. The average Bonchev–Trinajstić information content (AvgIpc) is 2.30. The SMILES string of the molecule is COC(=O)C(C(=O)OC)[C@H](NO[Si](C)(C)C)C(C)C. The summed E-state index contributed by atoms with van der Waals surface area (Å²) in [5, 5.41) is 0. The second-order valence-corrected chi connectivity index (χ2v) is 10.1. The predicted molar refractivity (Wildman–Crippen MR) is 73.7 cm³/mol. The molecule has 0 heterocycles. The molecule has 0 fully saturated rings. The monoisotopic (exact) mass is 291 g/mol. The zero-order chi connectivity index (χ0) is 15.2. The minimum atomic E-state index is -1.82. The van der Waals surface area contributed by atoms with Crippen LogP contribution in [0, 0.1) is 11.8 Å². The zero-order valence-corrected chi connectivity index (χ0v) is 13.8. The molecule has 0 saturated carbocycles. The van der Waals surface area contributed by atoms with Gasteiger partial charge in [-0.1, -0.05) is 13.8 Å². The first kappa shape index (κ1) is 18.1. The summed E-state index contributed by atoms with van der Waals surface area (Å²) in [6.07, 6.45) is 0. The summed E-state index contributed by atoms with van der Waals surface area (Å²) in [6, 6.07) is -0.494. The molecule has 0 radical (unpaired) electrons. The van der Waals surface area contributed by atoms with E-state index in [1.54, 1.807) is 0 Å². The Morgan fingerprint density at radius 3 is 1.68 bits per heavy atom. The molecule has 6 nitrogen and oxygen atoms in total. The lowest BCUT2D eigenvalue weighted by atomic mass is 9.91. The van der Waals surface area contributed by atoms with Crippen molar-refractivity contribution in [3.05, 3.63) is 0 Å². The van der Waals surface area contributed by atoms with Gasteiger partial charge in [0.05, 0.1) is 20.3 Å². The van der Waals surface area contributed by atoms with Crippen molar-refractivity contribution in [2.24, 2.45) is 11.8 Å². The van der Waals surface area contributed by atoms with E-state index in [9.17, 15) is 9.59 Å². The van der Waals surface area contributed by atoms with Gasteiger partial charge in [0.2, 0.25) is 8.32 Å². The van der Waals surface area contributed by atoms with Gasteiger partial charge in [0.1, 0.15) is 0 Å². The van der Waals surface area contributed by atoms with Gasteiger partial charge < -0.3 is 14.0 Å². The number of carbonyl (C=O) groups is 2. The molecule has 1 atom stereocenters. The lowest BCUT2D eigenvalue weighted by Crippen LogP contribution is -2.51. The van der Waals surface area contributed by atoms with Crippen molar-refractivity contribution in [3.63, 3.8) is 0 Å². The van der Waals surface area contributed by atoms with E-state index >= 15 is 0 Å². The highest BCUT2D eigenvalue weighted by molar-refractivity contribution is 6.69. The average molecular weight is 291 g/mol. The molecule has 0 aliphatic rings. The zero-order valence-electron chi connectivity index (χ0n) is 12.8. The van der Waals surface area contributed by atoms with Crippen LogP contribution in [0.2, 0.25) is 19.6 Å².